The zero-order chi connectivity index (χ0) is 12.4. The summed E-state index contributed by atoms with van der Waals surface area (Å²) in [5.41, 5.74) is 2.31. The number of nitrogens with zero attached hydrogens (tertiary/aromatic N) is 2. The molecule has 0 saturated heterocycles. The van der Waals surface area contributed by atoms with Gasteiger partial charge < -0.3 is 5.32 Å². The number of nitrogens with one attached hydrogen (secondary N) is 1. The van der Waals surface area contributed by atoms with Crippen LogP contribution in [0.2, 0.25) is 0 Å². The fourth-order valence-corrected chi connectivity index (χ4v) is 2.40. The van der Waals surface area contributed by atoms with Gasteiger partial charge in [0, 0.05) is 24.1 Å². The van der Waals surface area contributed by atoms with Gasteiger partial charge in [0.25, 0.3) is 0 Å². The van der Waals surface area contributed by atoms with Gasteiger partial charge in [-0.1, -0.05) is 6.92 Å². The standard InChI is InChI=1S/C15H19N3/c1-2-15(12-4-5-12)17-13-6-8-14(9-7-13)18-11-3-10-16-18/h3,6-12,15,17H,2,4-5H2,1H3. The van der Waals surface area contributed by atoms with Crippen LogP contribution >= 0.6 is 0 Å². The lowest BCUT2D eigenvalue weighted by Crippen LogP contribution is -2.20. The number of hydrogen-bond acceptors (Lipinski definition) is 2. The molecule has 94 valence electrons. The van der Waals surface area contributed by atoms with Crippen molar-refractivity contribution in [2.45, 2.75) is 32.2 Å². The number of benzene rings is 1. The van der Waals surface area contributed by atoms with Crippen molar-refractivity contribution in [3.63, 3.8) is 0 Å². The third-order valence-corrected chi connectivity index (χ3v) is 3.62. The summed E-state index contributed by atoms with van der Waals surface area (Å²) in [6.07, 6.45) is 7.73. The Bertz CT molecular complexity index is 483. The van der Waals surface area contributed by atoms with Crippen molar-refractivity contribution in [2.75, 3.05) is 5.32 Å². The third kappa shape index (κ3) is 2.40. The van der Waals surface area contributed by atoms with Crippen LogP contribution < -0.4 is 5.32 Å². The van der Waals surface area contributed by atoms with Gasteiger partial charge in [-0.2, -0.15) is 5.10 Å². The molecule has 3 heteroatoms. The summed E-state index contributed by atoms with van der Waals surface area (Å²) in [4.78, 5) is 0. The van der Waals surface area contributed by atoms with E-state index in [0.29, 0.717) is 6.04 Å². The van der Waals surface area contributed by atoms with Crippen LogP contribution in [-0.2, 0) is 0 Å². The highest BCUT2D eigenvalue weighted by Gasteiger charge is 2.29. The third-order valence-electron chi connectivity index (χ3n) is 3.62. The topological polar surface area (TPSA) is 29.9 Å². The Kier molecular flexibility index (Phi) is 3.05. The molecule has 3 nitrogen and oxygen atoms in total. The van der Waals surface area contributed by atoms with Gasteiger partial charge >= 0.3 is 0 Å². The average molecular weight is 241 g/mol. The Morgan fingerprint density at radius 2 is 2.11 bits per heavy atom. The lowest BCUT2D eigenvalue weighted by Gasteiger charge is -2.17. The lowest BCUT2D eigenvalue weighted by atomic mass is 10.1. The normalized spacial score (nSPS) is 16.5. The minimum atomic E-state index is 0.639. The monoisotopic (exact) mass is 241 g/mol. The van der Waals surface area contributed by atoms with Crippen LogP contribution in [0.25, 0.3) is 5.69 Å². The number of aromatic nitrogens is 2. The van der Waals surface area contributed by atoms with Gasteiger partial charge in [0.1, 0.15) is 0 Å². The first-order valence-corrected chi connectivity index (χ1v) is 6.73. The molecule has 3 rings (SSSR count). The van der Waals surface area contributed by atoms with E-state index in [4.69, 9.17) is 0 Å². The van der Waals surface area contributed by atoms with E-state index >= 15 is 0 Å². The maximum absolute atomic E-state index is 4.23. The smallest absolute Gasteiger partial charge is 0.0647 e. The molecule has 1 unspecified atom stereocenters. The molecule has 1 N–H and O–H groups in total. The minimum absolute atomic E-state index is 0.639. The van der Waals surface area contributed by atoms with Crippen molar-refractivity contribution in [2.24, 2.45) is 5.92 Å². The molecule has 1 aromatic heterocycles. The predicted molar refractivity (Wildman–Crippen MR) is 74.0 cm³/mol. The van der Waals surface area contributed by atoms with Gasteiger partial charge in [-0.05, 0) is 55.5 Å². The lowest BCUT2D eigenvalue weighted by molar-refractivity contribution is 0.616. The van der Waals surface area contributed by atoms with Gasteiger partial charge in [-0.3, -0.25) is 0 Å². The molecule has 2 aromatic rings. The van der Waals surface area contributed by atoms with Crippen LogP contribution in [-0.4, -0.2) is 15.8 Å². The maximum Gasteiger partial charge on any atom is 0.0647 e. The zero-order valence-electron chi connectivity index (χ0n) is 10.7. The highest BCUT2D eigenvalue weighted by molar-refractivity contribution is 5.49. The van der Waals surface area contributed by atoms with Gasteiger partial charge in [0.15, 0.2) is 0 Å². The Balaban J connectivity index is 1.70. The zero-order valence-corrected chi connectivity index (χ0v) is 10.7. The van der Waals surface area contributed by atoms with Crippen molar-refractivity contribution in [3.05, 3.63) is 42.7 Å². The largest absolute Gasteiger partial charge is 0.382 e. The quantitative estimate of drug-likeness (QED) is 0.868. The second kappa shape index (κ2) is 4.84. The predicted octanol–water partition coefficient (Wildman–Crippen LogP) is 3.47. The van der Waals surface area contributed by atoms with Gasteiger partial charge in [-0.25, -0.2) is 4.68 Å². The molecule has 1 aliphatic rings. The van der Waals surface area contributed by atoms with Crippen LogP contribution in [0.4, 0.5) is 5.69 Å². The number of anilines is 1. The van der Waals surface area contributed by atoms with Crippen molar-refractivity contribution in [3.8, 4) is 5.69 Å². The molecule has 0 aliphatic heterocycles. The molecule has 0 spiro atoms. The van der Waals surface area contributed by atoms with Crippen molar-refractivity contribution in [1.29, 1.82) is 0 Å². The molecule has 0 bridgehead atoms. The van der Waals surface area contributed by atoms with Crippen molar-refractivity contribution < 1.29 is 0 Å². The average Bonchev–Trinajstić information content (AvgIpc) is 3.11. The minimum Gasteiger partial charge on any atom is -0.382 e. The summed E-state index contributed by atoms with van der Waals surface area (Å²) in [6.45, 7) is 2.26. The molecule has 18 heavy (non-hydrogen) atoms. The Morgan fingerprint density at radius 1 is 1.33 bits per heavy atom. The van der Waals surface area contributed by atoms with E-state index in [0.717, 1.165) is 11.6 Å². The molecule has 1 saturated carbocycles. The summed E-state index contributed by atoms with van der Waals surface area (Å²) < 4.78 is 1.88. The Morgan fingerprint density at radius 3 is 2.67 bits per heavy atom. The molecular formula is C15H19N3. The highest BCUT2D eigenvalue weighted by atomic mass is 15.3. The molecule has 1 atom stereocenters. The molecule has 1 fully saturated rings. The number of rotatable bonds is 5. The first-order chi connectivity index (χ1) is 8.86. The van der Waals surface area contributed by atoms with Crippen LogP contribution in [0.15, 0.2) is 42.7 Å². The van der Waals surface area contributed by atoms with Crippen LogP contribution in [0.3, 0.4) is 0 Å². The Hall–Kier alpha value is -1.77. The number of hydrogen-bond donors (Lipinski definition) is 1. The first kappa shape index (κ1) is 11.3. The molecule has 0 amide bonds. The van der Waals surface area contributed by atoms with Crippen molar-refractivity contribution in [1.82, 2.24) is 9.78 Å². The fraction of sp³-hybridized carbons (Fsp3) is 0.400. The van der Waals surface area contributed by atoms with E-state index < -0.39 is 0 Å². The summed E-state index contributed by atoms with van der Waals surface area (Å²) in [5.74, 6) is 0.890. The molecule has 1 heterocycles. The van der Waals surface area contributed by atoms with Gasteiger partial charge in [-0.15, -0.1) is 0 Å². The second-order valence-corrected chi connectivity index (χ2v) is 4.99. The van der Waals surface area contributed by atoms with E-state index in [1.54, 1.807) is 6.20 Å². The summed E-state index contributed by atoms with van der Waals surface area (Å²) in [7, 11) is 0. The first-order valence-electron chi connectivity index (χ1n) is 6.73. The maximum atomic E-state index is 4.23. The van der Waals surface area contributed by atoms with E-state index in [9.17, 15) is 0 Å². The summed E-state index contributed by atoms with van der Waals surface area (Å²) in [6, 6.07) is 11.1. The van der Waals surface area contributed by atoms with E-state index in [2.05, 4.69) is 41.6 Å². The molecule has 1 aromatic carbocycles. The van der Waals surface area contributed by atoms with Crippen LogP contribution in [0, 0.1) is 5.92 Å². The van der Waals surface area contributed by atoms with E-state index in [1.165, 1.54) is 24.9 Å². The Labute approximate surface area is 108 Å². The van der Waals surface area contributed by atoms with Gasteiger partial charge in [0.05, 0.1) is 5.69 Å². The van der Waals surface area contributed by atoms with E-state index in [1.807, 2.05) is 16.9 Å². The van der Waals surface area contributed by atoms with Crippen molar-refractivity contribution >= 4 is 5.69 Å². The van der Waals surface area contributed by atoms with Crippen LogP contribution in [0.5, 0.6) is 0 Å². The SMILES string of the molecule is CCC(Nc1ccc(-n2cccn2)cc1)C1CC1. The molecule has 1 aliphatic carbocycles. The fourth-order valence-electron chi connectivity index (χ4n) is 2.40. The van der Waals surface area contributed by atoms with E-state index in [-0.39, 0.29) is 0 Å². The summed E-state index contributed by atoms with van der Waals surface area (Å²) >= 11 is 0. The summed E-state index contributed by atoms with van der Waals surface area (Å²) in [5, 5.41) is 7.86. The van der Waals surface area contributed by atoms with Crippen LogP contribution in [0.1, 0.15) is 26.2 Å². The molecule has 0 radical (unpaired) electrons. The van der Waals surface area contributed by atoms with Gasteiger partial charge in [0.2, 0.25) is 0 Å². The highest BCUT2D eigenvalue weighted by Crippen LogP contribution is 2.35. The second-order valence-electron chi connectivity index (χ2n) is 4.99. The molecular weight excluding hydrogens is 222 g/mol.